The van der Waals surface area contributed by atoms with Crippen LogP contribution < -0.4 is 10.6 Å². The van der Waals surface area contributed by atoms with Gasteiger partial charge in [-0.3, -0.25) is 9.59 Å². The summed E-state index contributed by atoms with van der Waals surface area (Å²) in [4.78, 5) is 23.5. The second kappa shape index (κ2) is 7.19. The topological polar surface area (TPSA) is 87.7 Å². The van der Waals surface area contributed by atoms with Crippen LogP contribution in [0.1, 0.15) is 18.1 Å². The Hall–Kier alpha value is -1.92. The number of anilines is 1. The van der Waals surface area contributed by atoms with Crippen molar-refractivity contribution in [2.24, 2.45) is 0 Å². The van der Waals surface area contributed by atoms with Gasteiger partial charge in [0.05, 0.1) is 6.61 Å². The monoisotopic (exact) mass is 294 g/mol. The Morgan fingerprint density at radius 3 is 2.29 bits per heavy atom. The second-order valence-electron chi connectivity index (χ2n) is 5.44. The summed E-state index contributed by atoms with van der Waals surface area (Å²) in [6, 6.07) is 5.52. The molecule has 0 spiro atoms. The maximum absolute atomic E-state index is 11.8. The van der Waals surface area contributed by atoms with Crippen LogP contribution in [-0.2, 0) is 14.3 Å². The van der Waals surface area contributed by atoms with E-state index in [0.29, 0.717) is 5.69 Å². The quantitative estimate of drug-likeness (QED) is 0.700. The highest BCUT2D eigenvalue weighted by Gasteiger charge is 2.23. The standard InChI is InChI=1S/C15H22N2O4/c1-10-5-11(2)7-12(6-10)17-14(19)13(18)16-8-15(3,20)9-21-4/h5-7,20H,8-9H2,1-4H3,(H,16,18)(H,17,19). The van der Waals surface area contributed by atoms with Gasteiger partial charge in [-0.1, -0.05) is 6.07 Å². The van der Waals surface area contributed by atoms with E-state index < -0.39 is 17.4 Å². The van der Waals surface area contributed by atoms with E-state index in [1.807, 2.05) is 19.9 Å². The molecule has 6 heteroatoms. The van der Waals surface area contributed by atoms with Crippen molar-refractivity contribution in [2.75, 3.05) is 25.6 Å². The van der Waals surface area contributed by atoms with Gasteiger partial charge in [0.2, 0.25) is 0 Å². The molecule has 3 N–H and O–H groups in total. The van der Waals surface area contributed by atoms with Crippen LogP contribution in [0.25, 0.3) is 0 Å². The van der Waals surface area contributed by atoms with Crippen LogP contribution in [-0.4, -0.2) is 42.8 Å². The lowest BCUT2D eigenvalue weighted by Gasteiger charge is -2.22. The molecule has 2 amide bonds. The number of benzene rings is 1. The fourth-order valence-corrected chi connectivity index (χ4v) is 1.95. The minimum Gasteiger partial charge on any atom is -0.386 e. The molecule has 1 aromatic rings. The highest BCUT2D eigenvalue weighted by atomic mass is 16.5. The van der Waals surface area contributed by atoms with Crippen molar-refractivity contribution in [3.05, 3.63) is 29.3 Å². The molecule has 0 aromatic heterocycles. The third kappa shape index (κ3) is 5.93. The smallest absolute Gasteiger partial charge is 0.313 e. The van der Waals surface area contributed by atoms with Gasteiger partial charge in [-0.15, -0.1) is 0 Å². The summed E-state index contributed by atoms with van der Waals surface area (Å²) in [5.74, 6) is -1.57. The van der Waals surface area contributed by atoms with Crippen LogP contribution in [0, 0.1) is 13.8 Å². The molecule has 0 saturated heterocycles. The summed E-state index contributed by atoms with van der Waals surface area (Å²) < 4.78 is 4.82. The maximum atomic E-state index is 11.8. The average Bonchev–Trinajstić information content (AvgIpc) is 2.34. The number of carbonyl (C=O) groups is 2. The number of amides is 2. The van der Waals surface area contributed by atoms with Gasteiger partial charge in [0, 0.05) is 19.3 Å². The molecule has 116 valence electrons. The molecule has 0 saturated carbocycles. The number of hydrogen-bond donors (Lipinski definition) is 3. The van der Waals surface area contributed by atoms with Gasteiger partial charge >= 0.3 is 11.8 Å². The van der Waals surface area contributed by atoms with E-state index in [1.54, 1.807) is 12.1 Å². The third-order valence-electron chi connectivity index (χ3n) is 2.77. The molecule has 1 atom stereocenters. The van der Waals surface area contributed by atoms with Gasteiger partial charge in [-0.2, -0.15) is 0 Å². The van der Waals surface area contributed by atoms with Gasteiger partial charge < -0.3 is 20.5 Å². The van der Waals surface area contributed by atoms with Gasteiger partial charge in [-0.05, 0) is 44.0 Å². The first-order valence-electron chi connectivity index (χ1n) is 6.62. The maximum Gasteiger partial charge on any atom is 0.313 e. The number of rotatable bonds is 5. The summed E-state index contributed by atoms with van der Waals surface area (Å²) in [7, 11) is 1.45. The number of nitrogens with one attached hydrogen (secondary N) is 2. The Balaban J connectivity index is 2.57. The van der Waals surface area contributed by atoms with Gasteiger partial charge in [-0.25, -0.2) is 0 Å². The first-order valence-corrected chi connectivity index (χ1v) is 6.62. The highest BCUT2D eigenvalue weighted by molar-refractivity contribution is 6.39. The Labute approximate surface area is 124 Å². The molecule has 1 unspecified atom stereocenters. The molecule has 6 nitrogen and oxygen atoms in total. The van der Waals surface area contributed by atoms with Crippen molar-refractivity contribution >= 4 is 17.5 Å². The first kappa shape index (κ1) is 17.1. The van der Waals surface area contributed by atoms with E-state index >= 15 is 0 Å². The minimum absolute atomic E-state index is 0.0615. The zero-order chi connectivity index (χ0) is 16.0. The molecule has 21 heavy (non-hydrogen) atoms. The number of hydrogen-bond acceptors (Lipinski definition) is 4. The average molecular weight is 294 g/mol. The predicted octanol–water partition coefficient (Wildman–Crippen LogP) is 0.756. The Morgan fingerprint density at radius 2 is 1.76 bits per heavy atom. The summed E-state index contributed by atoms with van der Waals surface area (Å²) in [6.07, 6.45) is 0. The van der Waals surface area contributed by atoms with E-state index in [1.165, 1.54) is 14.0 Å². The normalized spacial score (nSPS) is 13.4. The van der Waals surface area contributed by atoms with Crippen LogP contribution in [0.2, 0.25) is 0 Å². The molecule has 0 aliphatic heterocycles. The Bertz CT molecular complexity index is 506. The molecule has 0 aliphatic rings. The molecule has 1 rings (SSSR count). The van der Waals surface area contributed by atoms with Crippen molar-refractivity contribution in [1.29, 1.82) is 0 Å². The lowest BCUT2D eigenvalue weighted by molar-refractivity contribution is -0.137. The van der Waals surface area contributed by atoms with Crippen LogP contribution in [0.5, 0.6) is 0 Å². The van der Waals surface area contributed by atoms with E-state index in [4.69, 9.17) is 4.74 Å². The number of methoxy groups -OCH3 is 1. The number of aliphatic hydroxyl groups is 1. The lowest BCUT2D eigenvalue weighted by atomic mass is 10.1. The minimum atomic E-state index is -1.22. The molecule has 0 bridgehead atoms. The van der Waals surface area contributed by atoms with Crippen molar-refractivity contribution < 1.29 is 19.4 Å². The van der Waals surface area contributed by atoms with Crippen molar-refractivity contribution in [2.45, 2.75) is 26.4 Å². The SMILES string of the molecule is COCC(C)(O)CNC(=O)C(=O)Nc1cc(C)cc(C)c1. The van der Waals surface area contributed by atoms with Crippen LogP contribution >= 0.6 is 0 Å². The molecule has 0 fully saturated rings. The molecular weight excluding hydrogens is 272 g/mol. The summed E-state index contributed by atoms with van der Waals surface area (Å²) >= 11 is 0. The summed E-state index contributed by atoms with van der Waals surface area (Å²) in [5, 5.41) is 14.7. The van der Waals surface area contributed by atoms with Gasteiger partial charge in [0.15, 0.2) is 0 Å². The second-order valence-corrected chi connectivity index (χ2v) is 5.44. The van der Waals surface area contributed by atoms with E-state index in [-0.39, 0.29) is 13.2 Å². The fraction of sp³-hybridized carbons (Fsp3) is 0.467. The number of carbonyl (C=O) groups excluding carboxylic acids is 2. The molecular formula is C15H22N2O4. The first-order chi connectivity index (χ1) is 9.73. The lowest BCUT2D eigenvalue weighted by Crippen LogP contribution is -2.46. The predicted molar refractivity (Wildman–Crippen MR) is 80.1 cm³/mol. The molecule has 0 aliphatic carbocycles. The fourth-order valence-electron chi connectivity index (χ4n) is 1.95. The third-order valence-corrected chi connectivity index (χ3v) is 2.77. The van der Waals surface area contributed by atoms with Crippen molar-refractivity contribution in [3.63, 3.8) is 0 Å². The highest BCUT2D eigenvalue weighted by Crippen LogP contribution is 2.13. The van der Waals surface area contributed by atoms with Crippen LogP contribution in [0.4, 0.5) is 5.69 Å². The van der Waals surface area contributed by atoms with Crippen molar-refractivity contribution in [3.8, 4) is 0 Å². The number of aryl methyl sites for hydroxylation is 2. The molecule has 0 heterocycles. The van der Waals surface area contributed by atoms with E-state index in [9.17, 15) is 14.7 Å². The van der Waals surface area contributed by atoms with Crippen molar-refractivity contribution in [1.82, 2.24) is 5.32 Å². The largest absolute Gasteiger partial charge is 0.386 e. The zero-order valence-electron chi connectivity index (χ0n) is 12.8. The Morgan fingerprint density at radius 1 is 1.19 bits per heavy atom. The van der Waals surface area contributed by atoms with Crippen LogP contribution in [0.3, 0.4) is 0 Å². The van der Waals surface area contributed by atoms with Gasteiger partial charge in [0.1, 0.15) is 5.60 Å². The zero-order valence-corrected chi connectivity index (χ0v) is 12.8. The summed E-state index contributed by atoms with van der Waals surface area (Å²) in [6.45, 7) is 5.32. The van der Waals surface area contributed by atoms with Gasteiger partial charge in [0.25, 0.3) is 0 Å². The number of ether oxygens (including phenoxy) is 1. The Kier molecular flexibility index (Phi) is 5.87. The van der Waals surface area contributed by atoms with E-state index in [2.05, 4.69) is 10.6 Å². The summed E-state index contributed by atoms with van der Waals surface area (Å²) in [5.41, 5.74) is 1.34. The molecule has 1 aromatic carbocycles. The molecule has 0 radical (unpaired) electrons. The van der Waals surface area contributed by atoms with E-state index in [0.717, 1.165) is 11.1 Å². The van der Waals surface area contributed by atoms with Crippen LogP contribution in [0.15, 0.2) is 18.2 Å².